The van der Waals surface area contributed by atoms with E-state index in [4.69, 9.17) is 0 Å². The fraction of sp³-hybridized carbons (Fsp3) is 0.833. The highest BCUT2D eigenvalue weighted by Gasteiger charge is 2.07. The van der Waals surface area contributed by atoms with Crippen LogP contribution in [0.5, 0.6) is 0 Å². The SMILES string of the molecule is CCCNCc1ncnn1CC(C)CCC. The Balaban J connectivity index is 2.43. The molecule has 4 nitrogen and oxygen atoms in total. The maximum atomic E-state index is 4.29. The summed E-state index contributed by atoms with van der Waals surface area (Å²) in [6.45, 7) is 9.51. The monoisotopic (exact) mass is 224 g/mol. The number of hydrogen-bond acceptors (Lipinski definition) is 3. The van der Waals surface area contributed by atoms with E-state index < -0.39 is 0 Å². The van der Waals surface area contributed by atoms with Crippen LogP contribution in [0.2, 0.25) is 0 Å². The summed E-state index contributed by atoms with van der Waals surface area (Å²) in [4.78, 5) is 4.29. The Morgan fingerprint density at radius 2 is 2.19 bits per heavy atom. The van der Waals surface area contributed by atoms with Crippen LogP contribution >= 0.6 is 0 Å². The Morgan fingerprint density at radius 1 is 1.38 bits per heavy atom. The largest absolute Gasteiger partial charge is 0.310 e. The molecule has 0 aliphatic rings. The van der Waals surface area contributed by atoms with Crippen molar-refractivity contribution in [1.82, 2.24) is 20.1 Å². The van der Waals surface area contributed by atoms with Gasteiger partial charge in [-0.15, -0.1) is 0 Å². The van der Waals surface area contributed by atoms with Crippen molar-refractivity contribution in [2.45, 2.75) is 53.1 Å². The molecule has 0 aliphatic heterocycles. The molecule has 4 heteroatoms. The first kappa shape index (κ1) is 13.2. The van der Waals surface area contributed by atoms with Gasteiger partial charge in [-0.25, -0.2) is 9.67 Å². The van der Waals surface area contributed by atoms with Crippen molar-refractivity contribution in [3.63, 3.8) is 0 Å². The topological polar surface area (TPSA) is 42.7 Å². The van der Waals surface area contributed by atoms with Gasteiger partial charge in [0.05, 0.1) is 6.54 Å². The normalized spacial score (nSPS) is 12.9. The summed E-state index contributed by atoms with van der Waals surface area (Å²) < 4.78 is 2.03. The van der Waals surface area contributed by atoms with E-state index in [1.807, 2.05) is 4.68 Å². The zero-order valence-corrected chi connectivity index (χ0v) is 10.7. The Morgan fingerprint density at radius 3 is 2.88 bits per heavy atom. The molecule has 1 heterocycles. The van der Waals surface area contributed by atoms with Gasteiger partial charge in [0, 0.05) is 6.54 Å². The summed E-state index contributed by atoms with van der Waals surface area (Å²) in [6, 6.07) is 0. The Kier molecular flexibility index (Phi) is 6.08. The van der Waals surface area contributed by atoms with E-state index in [0.717, 1.165) is 31.9 Å². The second-order valence-corrected chi connectivity index (χ2v) is 4.43. The average Bonchev–Trinajstić information content (AvgIpc) is 2.66. The van der Waals surface area contributed by atoms with Crippen LogP contribution < -0.4 is 5.32 Å². The van der Waals surface area contributed by atoms with Crippen molar-refractivity contribution in [3.05, 3.63) is 12.2 Å². The van der Waals surface area contributed by atoms with E-state index in [9.17, 15) is 0 Å². The average molecular weight is 224 g/mol. The van der Waals surface area contributed by atoms with Gasteiger partial charge in [0.25, 0.3) is 0 Å². The number of hydrogen-bond donors (Lipinski definition) is 1. The summed E-state index contributed by atoms with van der Waals surface area (Å²) in [5.41, 5.74) is 0. The minimum Gasteiger partial charge on any atom is -0.310 e. The first-order chi connectivity index (χ1) is 7.77. The third-order valence-corrected chi connectivity index (χ3v) is 2.67. The highest BCUT2D eigenvalue weighted by molar-refractivity contribution is 4.84. The van der Waals surface area contributed by atoms with E-state index in [1.54, 1.807) is 6.33 Å². The van der Waals surface area contributed by atoms with Gasteiger partial charge in [-0.05, 0) is 25.3 Å². The lowest BCUT2D eigenvalue weighted by atomic mass is 10.1. The summed E-state index contributed by atoms with van der Waals surface area (Å²) in [5.74, 6) is 1.73. The molecule has 0 aliphatic carbocycles. The quantitative estimate of drug-likeness (QED) is 0.688. The van der Waals surface area contributed by atoms with Crippen molar-refractivity contribution >= 4 is 0 Å². The number of aromatic nitrogens is 3. The molecule has 0 saturated carbocycles. The van der Waals surface area contributed by atoms with Crippen molar-refractivity contribution in [2.24, 2.45) is 5.92 Å². The third-order valence-electron chi connectivity index (χ3n) is 2.67. The highest BCUT2D eigenvalue weighted by atomic mass is 15.3. The molecule has 0 amide bonds. The number of nitrogens with zero attached hydrogens (tertiary/aromatic N) is 3. The van der Waals surface area contributed by atoms with Crippen LogP contribution in [0.1, 0.15) is 45.9 Å². The summed E-state index contributed by atoms with van der Waals surface area (Å²) >= 11 is 0. The molecule has 1 N–H and O–H groups in total. The van der Waals surface area contributed by atoms with E-state index >= 15 is 0 Å². The molecule has 1 unspecified atom stereocenters. The second-order valence-electron chi connectivity index (χ2n) is 4.43. The maximum absolute atomic E-state index is 4.29. The predicted octanol–water partition coefficient (Wildman–Crippen LogP) is 2.21. The van der Waals surface area contributed by atoms with E-state index in [0.29, 0.717) is 5.92 Å². The molecule has 1 aromatic rings. The van der Waals surface area contributed by atoms with Crippen molar-refractivity contribution in [1.29, 1.82) is 0 Å². The van der Waals surface area contributed by atoms with Crippen LogP contribution in [0.25, 0.3) is 0 Å². The first-order valence-corrected chi connectivity index (χ1v) is 6.35. The molecule has 0 fully saturated rings. The summed E-state index contributed by atoms with van der Waals surface area (Å²) in [6.07, 6.45) is 5.29. The van der Waals surface area contributed by atoms with Gasteiger partial charge >= 0.3 is 0 Å². The Labute approximate surface area is 98.5 Å². The zero-order chi connectivity index (χ0) is 11.8. The van der Waals surface area contributed by atoms with Crippen LogP contribution in [-0.4, -0.2) is 21.3 Å². The third kappa shape index (κ3) is 4.31. The maximum Gasteiger partial charge on any atom is 0.140 e. The molecule has 0 bridgehead atoms. The minimum absolute atomic E-state index is 0.677. The van der Waals surface area contributed by atoms with Gasteiger partial charge in [-0.3, -0.25) is 0 Å². The summed E-state index contributed by atoms with van der Waals surface area (Å²) in [5, 5.41) is 7.64. The Bertz CT molecular complexity index is 282. The first-order valence-electron chi connectivity index (χ1n) is 6.35. The lowest BCUT2D eigenvalue weighted by Crippen LogP contribution is -2.20. The van der Waals surface area contributed by atoms with Crippen molar-refractivity contribution in [2.75, 3.05) is 6.54 Å². The molecule has 1 rings (SSSR count). The zero-order valence-electron chi connectivity index (χ0n) is 10.7. The molecule has 92 valence electrons. The molecule has 0 spiro atoms. The number of nitrogens with one attached hydrogen (secondary N) is 1. The van der Waals surface area contributed by atoms with Crippen LogP contribution in [0, 0.1) is 5.92 Å². The lowest BCUT2D eigenvalue weighted by Gasteiger charge is -2.12. The molecular weight excluding hydrogens is 200 g/mol. The van der Waals surface area contributed by atoms with Crippen molar-refractivity contribution < 1.29 is 0 Å². The van der Waals surface area contributed by atoms with Gasteiger partial charge in [-0.2, -0.15) is 5.10 Å². The standard InChI is InChI=1S/C12H24N4/c1-4-6-11(3)9-16-12(14-10-15-16)8-13-7-5-2/h10-11,13H,4-9H2,1-3H3. The molecular formula is C12H24N4. The van der Waals surface area contributed by atoms with Gasteiger partial charge in [-0.1, -0.05) is 27.2 Å². The second kappa shape index (κ2) is 7.39. The van der Waals surface area contributed by atoms with E-state index in [1.165, 1.54) is 12.8 Å². The van der Waals surface area contributed by atoms with Crippen LogP contribution in [0.4, 0.5) is 0 Å². The van der Waals surface area contributed by atoms with Crippen molar-refractivity contribution in [3.8, 4) is 0 Å². The van der Waals surface area contributed by atoms with E-state index in [2.05, 4.69) is 36.2 Å². The highest BCUT2D eigenvalue weighted by Crippen LogP contribution is 2.08. The molecule has 0 aromatic carbocycles. The Hall–Kier alpha value is -0.900. The van der Waals surface area contributed by atoms with Gasteiger partial charge in [0.1, 0.15) is 12.2 Å². The fourth-order valence-electron chi connectivity index (χ4n) is 1.83. The van der Waals surface area contributed by atoms with Crippen LogP contribution in [0.15, 0.2) is 6.33 Å². The fourth-order valence-corrected chi connectivity index (χ4v) is 1.83. The van der Waals surface area contributed by atoms with Crippen LogP contribution in [-0.2, 0) is 13.1 Å². The van der Waals surface area contributed by atoms with Gasteiger partial charge in [0.15, 0.2) is 0 Å². The molecule has 1 aromatic heterocycles. The smallest absolute Gasteiger partial charge is 0.140 e. The lowest BCUT2D eigenvalue weighted by molar-refractivity contribution is 0.406. The van der Waals surface area contributed by atoms with Crippen LogP contribution in [0.3, 0.4) is 0 Å². The number of rotatable bonds is 8. The van der Waals surface area contributed by atoms with E-state index in [-0.39, 0.29) is 0 Å². The van der Waals surface area contributed by atoms with Gasteiger partial charge in [0.2, 0.25) is 0 Å². The molecule has 1 atom stereocenters. The molecule has 0 saturated heterocycles. The minimum atomic E-state index is 0.677. The molecule has 16 heavy (non-hydrogen) atoms. The predicted molar refractivity (Wildman–Crippen MR) is 66.1 cm³/mol. The summed E-state index contributed by atoms with van der Waals surface area (Å²) in [7, 11) is 0. The molecule has 0 radical (unpaired) electrons. The van der Waals surface area contributed by atoms with Gasteiger partial charge < -0.3 is 5.32 Å².